The van der Waals surface area contributed by atoms with Gasteiger partial charge in [-0.3, -0.25) is 0 Å². The van der Waals surface area contributed by atoms with Gasteiger partial charge in [-0.05, 0) is 49.4 Å². The number of fused-ring (bicyclic) bond motifs is 1. The molecular formula is C17H24N2. The quantitative estimate of drug-likeness (QED) is 0.846. The van der Waals surface area contributed by atoms with Gasteiger partial charge >= 0.3 is 0 Å². The van der Waals surface area contributed by atoms with Crippen LogP contribution in [-0.2, 0) is 12.8 Å². The van der Waals surface area contributed by atoms with E-state index >= 15 is 0 Å². The van der Waals surface area contributed by atoms with Gasteiger partial charge in [0.25, 0.3) is 0 Å². The molecule has 2 aliphatic carbocycles. The lowest BCUT2D eigenvalue weighted by atomic mass is 9.95. The van der Waals surface area contributed by atoms with Gasteiger partial charge in [-0.25, -0.2) is 0 Å². The zero-order valence-corrected chi connectivity index (χ0v) is 11.6. The summed E-state index contributed by atoms with van der Waals surface area (Å²) in [5.41, 5.74) is 4.25. The molecule has 0 amide bonds. The van der Waals surface area contributed by atoms with Crippen LogP contribution in [0.25, 0.3) is 6.08 Å². The van der Waals surface area contributed by atoms with Gasteiger partial charge in [-0.2, -0.15) is 0 Å². The van der Waals surface area contributed by atoms with E-state index < -0.39 is 0 Å². The molecule has 3 rings (SSSR count). The van der Waals surface area contributed by atoms with Crippen molar-refractivity contribution < 1.29 is 0 Å². The lowest BCUT2D eigenvalue weighted by Gasteiger charge is -2.22. The predicted molar refractivity (Wildman–Crippen MR) is 81.3 cm³/mol. The molecule has 0 atom stereocenters. The van der Waals surface area contributed by atoms with Crippen LogP contribution in [0, 0.1) is 0 Å². The molecule has 0 radical (unpaired) electrons. The summed E-state index contributed by atoms with van der Waals surface area (Å²) in [6.07, 6.45) is 20.1. The van der Waals surface area contributed by atoms with Crippen LogP contribution in [0.5, 0.6) is 0 Å². The number of rotatable bonds is 4. The van der Waals surface area contributed by atoms with Crippen molar-refractivity contribution in [2.45, 2.75) is 51.0 Å². The maximum absolute atomic E-state index is 3.73. The molecule has 2 aliphatic rings. The Morgan fingerprint density at radius 1 is 1.16 bits per heavy atom. The number of H-pyrrole nitrogens is 1. The first-order chi connectivity index (χ1) is 9.43. The number of allylic oxidation sites excluding steroid dienone is 3. The molecule has 0 bridgehead atoms. The summed E-state index contributed by atoms with van der Waals surface area (Å²) in [6.45, 7) is 1.11. The first-order valence-corrected chi connectivity index (χ1v) is 7.69. The molecule has 1 aromatic heterocycles. The number of hydrogen-bond acceptors (Lipinski definition) is 1. The van der Waals surface area contributed by atoms with Crippen LogP contribution < -0.4 is 5.32 Å². The van der Waals surface area contributed by atoms with E-state index in [1.165, 1.54) is 48.9 Å². The van der Waals surface area contributed by atoms with Gasteiger partial charge in [0.05, 0.1) is 0 Å². The first kappa shape index (κ1) is 12.7. The monoisotopic (exact) mass is 256 g/mol. The summed E-state index contributed by atoms with van der Waals surface area (Å²) in [4.78, 5) is 3.40. The Hall–Kier alpha value is -1.28. The van der Waals surface area contributed by atoms with E-state index in [4.69, 9.17) is 0 Å². The lowest BCUT2D eigenvalue weighted by Crippen LogP contribution is -2.32. The molecule has 0 saturated heterocycles. The summed E-state index contributed by atoms with van der Waals surface area (Å²) in [7, 11) is 0. The molecule has 0 aliphatic heterocycles. The number of aromatic amines is 1. The van der Waals surface area contributed by atoms with Crippen molar-refractivity contribution in [1.82, 2.24) is 10.3 Å². The summed E-state index contributed by atoms with van der Waals surface area (Å²) < 4.78 is 0. The fourth-order valence-electron chi connectivity index (χ4n) is 3.26. The second-order valence-corrected chi connectivity index (χ2v) is 5.74. The topological polar surface area (TPSA) is 27.8 Å². The van der Waals surface area contributed by atoms with Gasteiger partial charge in [0.2, 0.25) is 0 Å². The third-order valence-corrected chi connectivity index (χ3v) is 4.38. The van der Waals surface area contributed by atoms with Gasteiger partial charge in [0.15, 0.2) is 0 Å². The lowest BCUT2D eigenvalue weighted by molar-refractivity contribution is 0.375. The SMILES string of the molecule is C1=CCc2c(CCNC3CCCCC3)c[nH]c2C=C1. The largest absolute Gasteiger partial charge is 0.361 e. The highest BCUT2D eigenvalue weighted by Gasteiger charge is 2.13. The van der Waals surface area contributed by atoms with Gasteiger partial charge in [-0.1, -0.05) is 37.5 Å². The van der Waals surface area contributed by atoms with Crippen LogP contribution >= 0.6 is 0 Å². The second kappa shape index (κ2) is 6.25. The molecule has 2 nitrogen and oxygen atoms in total. The number of aromatic nitrogens is 1. The Kier molecular flexibility index (Phi) is 4.19. The van der Waals surface area contributed by atoms with E-state index in [1.54, 1.807) is 0 Å². The normalized spacial score (nSPS) is 19.4. The third-order valence-electron chi connectivity index (χ3n) is 4.38. The Labute approximate surface area is 116 Å². The average Bonchev–Trinajstić information content (AvgIpc) is 2.69. The van der Waals surface area contributed by atoms with E-state index in [0.29, 0.717) is 0 Å². The Morgan fingerprint density at radius 2 is 2.05 bits per heavy atom. The minimum Gasteiger partial charge on any atom is -0.361 e. The smallest absolute Gasteiger partial charge is 0.0418 e. The molecule has 19 heavy (non-hydrogen) atoms. The van der Waals surface area contributed by atoms with Crippen LogP contribution in [0.1, 0.15) is 48.9 Å². The van der Waals surface area contributed by atoms with Crippen LogP contribution in [-0.4, -0.2) is 17.6 Å². The molecule has 1 saturated carbocycles. The second-order valence-electron chi connectivity index (χ2n) is 5.74. The zero-order valence-electron chi connectivity index (χ0n) is 11.6. The molecule has 0 unspecified atom stereocenters. The number of nitrogens with one attached hydrogen (secondary N) is 2. The van der Waals surface area contributed by atoms with E-state index in [9.17, 15) is 0 Å². The van der Waals surface area contributed by atoms with Gasteiger partial charge < -0.3 is 10.3 Å². The van der Waals surface area contributed by atoms with Crippen molar-refractivity contribution in [3.8, 4) is 0 Å². The molecule has 102 valence electrons. The van der Waals surface area contributed by atoms with Crippen LogP contribution in [0.15, 0.2) is 24.4 Å². The summed E-state index contributed by atoms with van der Waals surface area (Å²) in [5, 5.41) is 3.73. The van der Waals surface area contributed by atoms with E-state index in [1.807, 2.05) is 0 Å². The fraction of sp³-hybridized carbons (Fsp3) is 0.529. The van der Waals surface area contributed by atoms with E-state index in [2.05, 4.69) is 40.8 Å². The Morgan fingerprint density at radius 3 is 2.95 bits per heavy atom. The molecular weight excluding hydrogens is 232 g/mol. The highest BCUT2D eigenvalue weighted by atomic mass is 14.9. The maximum atomic E-state index is 3.73. The standard InChI is InChI=1S/C17H24N2/c1-3-7-15(8-4-1)18-12-11-14-13-19-17-10-6-2-5-9-16(14)17/h2,5-6,10,13,15,18-19H,1,3-4,7-9,11-12H2. The van der Waals surface area contributed by atoms with Crippen molar-refractivity contribution in [1.29, 1.82) is 0 Å². The van der Waals surface area contributed by atoms with Crippen molar-refractivity contribution in [2.75, 3.05) is 6.54 Å². The minimum absolute atomic E-state index is 0.770. The maximum Gasteiger partial charge on any atom is 0.0418 e. The van der Waals surface area contributed by atoms with Gasteiger partial charge in [0.1, 0.15) is 0 Å². The summed E-state index contributed by atoms with van der Waals surface area (Å²) >= 11 is 0. The Balaban J connectivity index is 1.54. The molecule has 1 heterocycles. The van der Waals surface area contributed by atoms with Crippen LogP contribution in [0.4, 0.5) is 0 Å². The molecule has 2 heteroatoms. The fourth-order valence-corrected chi connectivity index (χ4v) is 3.26. The van der Waals surface area contributed by atoms with Gasteiger partial charge in [-0.15, -0.1) is 0 Å². The first-order valence-electron chi connectivity index (χ1n) is 7.69. The third kappa shape index (κ3) is 3.19. The Bertz CT molecular complexity index is 462. The highest BCUT2D eigenvalue weighted by Crippen LogP contribution is 2.20. The van der Waals surface area contributed by atoms with E-state index in [0.717, 1.165) is 25.4 Å². The highest BCUT2D eigenvalue weighted by molar-refractivity contribution is 5.56. The zero-order chi connectivity index (χ0) is 12.9. The average molecular weight is 256 g/mol. The predicted octanol–water partition coefficient (Wildman–Crippen LogP) is 3.61. The molecule has 0 spiro atoms. The molecule has 2 N–H and O–H groups in total. The van der Waals surface area contributed by atoms with E-state index in [-0.39, 0.29) is 0 Å². The van der Waals surface area contributed by atoms with Crippen molar-refractivity contribution in [3.05, 3.63) is 41.2 Å². The summed E-state index contributed by atoms with van der Waals surface area (Å²) in [6, 6.07) is 0.770. The van der Waals surface area contributed by atoms with Crippen molar-refractivity contribution >= 4 is 6.08 Å². The van der Waals surface area contributed by atoms with Crippen molar-refractivity contribution in [2.24, 2.45) is 0 Å². The molecule has 1 aromatic rings. The summed E-state index contributed by atoms with van der Waals surface area (Å²) in [5.74, 6) is 0. The van der Waals surface area contributed by atoms with Crippen LogP contribution in [0.3, 0.4) is 0 Å². The minimum atomic E-state index is 0.770. The number of hydrogen-bond donors (Lipinski definition) is 2. The van der Waals surface area contributed by atoms with Crippen molar-refractivity contribution in [3.63, 3.8) is 0 Å². The van der Waals surface area contributed by atoms with Gasteiger partial charge in [0, 0.05) is 17.9 Å². The molecule has 0 aromatic carbocycles. The van der Waals surface area contributed by atoms with Crippen LogP contribution in [0.2, 0.25) is 0 Å². The molecule has 1 fully saturated rings.